The molecule has 2 aromatic rings. The molecule has 0 aliphatic carbocycles. The molecule has 4 rings (SSSR count). The molecule has 0 saturated carbocycles. The third kappa shape index (κ3) is 2.93. The predicted molar refractivity (Wildman–Crippen MR) is 104 cm³/mol. The van der Waals surface area contributed by atoms with E-state index in [1.807, 2.05) is 6.07 Å². The number of piperidine rings is 1. The maximum atomic E-state index is 13.1. The van der Waals surface area contributed by atoms with Crippen LogP contribution in [0.4, 0.5) is 11.8 Å². The van der Waals surface area contributed by atoms with Gasteiger partial charge in [-0.25, -0.2) is 0 Å². The molecule has 28 heavy (non-hydrogen) atoms. The third-order valence-corrected chi connectivity index (χ3v) is 5.69. The number of aromatic nitrogens is 3. The fraction of sp³-hybridized carbons (Fsp3) is 0.450. The highest BCUT2D eigenvalue weighted by Gasteiger charge is 2.41. The molecule has 2 aliphatic heterocycles. The zero-order chi connectivity index (χ0) is 19.8. The minimum absolute atomic E-state index is 0.218. The van der Waals surface area contributed by atoms with Crippen molar-refractivity contribution in [1.29, 1.82) is 5.26 Å². The molecule has 144 valence electrons. The Morgan fingerprint density at radius 2 is 1.96 bits per heavy atom. The van der Waals surface area contributed by atoms with Crippen LogP contribution in [-0.4, -0.2) is 32.9 Å². The van der Waals surface area contributed by atoms with Crippen molar-refractivity contribution in [2.45, 2.75) is 51.1 Å². The molecule has 4 unspecified atom stereocenters. The van der Waals surface area contributed by atoms with Crippen molar-refractivity contribution in [2.24, 2.45) is 5.92 Å². The molecule has 2 aliphatic rings. The van der Waals surface area contributed by atoms with Crippen LogP contribution in [0.2, 0.25) is 0 Å². The molecular weight excluding hydrogens is 356 g/mol. The molecular formula is C20H22N6O2. The summed E-state index contributed by atoms with van der Waals surface area (Å²) in [7, 11) is 0. The topological polar surface area (TPSA) is 115 Å². The first-order valence-electron chi connectivity index (χ1n) is 9.55. The van der Waals surface area contributed by atoms with E-state index in [0.717, 1.165) is 19.3 Å². The number of fused-ring (bicyclic) bond motifs is 1. The smallest absolute Gasteiger partial charge is 0.258 e. The molecule has 1 saturated heterocycles. The van der Waals surface area contributed by atoms with Gasteiger partial charge in [-0.3, -0.25) is 19.6 Å². The number of rotatable bonds is 2. The molecule has 0 aromatic carbocycles. The highest BCUT2D eigenvalue weighted by atomic mass is 16.2. The lowest BCUT2D eigenvalue weighted by Crippen LogP contribution is -2.46. The number of nitrogens with one attached hydrogen (secondary N) is 2. The summed E-state index contributed by atoms with van der Waals surface area (Å²) >= 11 is 0. The van der Waals surface area contributed by atoms with E-state index in [9.17, 15) is 14.9 Å². The second-order valence-corrected chi connectivity index (χ2v) is 7.52. The van der Waals surface area contributed by atoms with Gasteiger partial charge < -0.3 is 10.2 Å². The number of nitriles is 1. The fourth-order valence-electron chi connectivity index (χ4n) is 4.34. The van der Waals surface area contributed by atoms with E-state index in [4.69, 9.17) is 0 Å². The van der Waals surface area contributed by atoms with Gasteiger partial charge in [-0.1, -0.05) is 6.07 Å². The Bertz CT molecular complexity index is 986. The summed E-state index contributed by atoms with van der Waals surface area (Å²) in [6, 6.07) is 7.74. The van der Waals surface area contributed by atoms with Crippen LogP contribution in [-0.2, 0) is 4.79 Å². The minimum atomic E-state index is -1.04. The number of carbonyl (C=O) groups is 1. The monoisotopic (exact) mass is 378 g/mol. The lowest BCUT2D eigenvalue weighted by molar-refractivity contribution is -0.119. The third-order valence-electron chi connectivity index (χ3n) is 5.69. The SMILES string of the molecule is CC1CCCC(C)N1c1nc2c(c(=O)[nH]1)C(c1ccccn1)C(C#N)C(=O)N2. The number of hydrogen-bond acceptors (Lipinski definition) is 6. The van der Waals surface area contributed by atoms with Gasteiger partial charge in [0.1, 0.15) is 11.7 Å². The molecule has 4 heterocycles. The van der Waals surface area contributed by atoms with Gasteiger partial charge in [0.2, 0.25) is 11.9 Å². The van der Waals surface area contributed by atoms with E-state index in [1.165, 1.54) is 0 Å². The van der Waals surface area contributed by atoms with Crippen LogP contribution in [0.3, 0.4) is 0 Å². The Hall–Kier alpha value is -3.21. The van der Waals surface area contributed by atoms with E-state index >= 15 is 0 Å². The van der Waals surface area contributed by atoms with Gasteiger partial charge in [-0.2, -0.15) is 10.2 Å². The Balaban J connectivity index is 1.86. The summed E-state index contributed by atoms with van der Waals surface area (Å²) in [6.45, 7) is 4.21. The summed E-state index contributed by atoms with van der Waals surface area (Å²) in [6.07, 6.45) is 4.76. The quantitative estimate of drug-likeness (QED) is 0.827. The molecule has 0 bridgehead atoms. The van der Waals surface area contributed by atoms with Crippen LogP contribution in [0.1, 0.15) is 50.3 Å². The summed E-state index contributed by atoms with van der Waals surface area (Å²) in [4.78, 5) is 39.5. The molecule has 8 heteroatoms. The van der Waals surface area contributed by atoms with Gasteiger partial charge >= 0.3 is 0 Å². The molecule has 2 N–H and O–H groups in total. The van der Waals surface area contributed by atoms with Crippen LogP contribution >= 0.6 is 0 Å². The fourth-order valence-corrected chi connectivity index (χ4v) is 4.34. The first-order valence-corrected chi connectivity index (χ1v) is 9.55. The van der Waals surface area contributed by atoms with Crippen LogP contribution in [0, 0.1) is 17.2 Å². The van der Waals surface area contributed by atoms with E-state index in [1.54, 1.807) is 24.4 Å². The summed E-state index contributed by atoms with van der Waals surface area (Å²) in [5.41, 5.74) is 0.441. The molecule has 1 fully saturated rings. The molecule has 0 spiro atoms. The van der Waals surface area contributed by atoms with Gasteiger partial charge in [-0.15, -0.1) is 0 Å². The normalized spacial score (nSPS) is 26.9. The van der Waals surface area contributed by atoms with Crippen molar-refractivity contribution in [3.63, 3.8) is 0 Å². The molecule has 8 nitrogen and oxygen atoms in total. The average Bonchev–Trinajstić information content (AvgIpc) is 2.67. The maximum Gasteiger partial charge on any atom is 0.258 e. The van der Waals surface area contributed by atoms with E-state index in [0.29, 0.717) is 11.6 Å². The average molecular weight is 378 g/mol. The number of hydrogen-bond donors (Lipinski definition) is 2. The van der Waals surface area contributed by atoms with Crippen molar-refractivity contribution < 1.29 is 4.79 Å². The van der Waals surface area contributed by atoms with Crippen molar-refractivity contribution in [3.8, 4) is 6.07 Å². The number of aromatic amines is 1. The van der Waals surface area contributed by atoms with Gasteiger partial charge in [-0.05, 0) is 45.2 Å². The summed E-state index contributed by atoms with van der Waals surface area (Å²) in [5, 5.41) is 12.2. The first-order chi connectivity index (χ1) is 13.5. The van der Waals surface area contributed by atoms with Crippen molar-refractivity contribution in [3.05, 3.63) is 46.0 Å². The minimum Gasteiger partial charge on any atom is -0.337 e. The number of H-pyrrole nitrogens is 1. The van der Waals surface area contributed by atoms with Gasteiger partial charge in [0.05, 0.1) is 23.2 Å². The Morgan fingerprint density at radius 3 is 2.61 bits per heavy atom. The largest absolute Gasteiger partial charge is 0.337 e. The van der Waals surface area contributed by atoms with Gasteiger partial charge in [0.15, 0.2) is 0 Å². The van der Waals surface area contributed by atoms with Crippen LogP contribution in [0.15, 0.2) is 29.2 Å². The van der Waals surface area contributed by atoms with Crippen LogP contribution in [0.5, 0.6) is 0 Å². The van der Waals surface area contributed by atoms with Crippen molar-refractivity contribution in [2.75, 3.05) is 10.2 Å². The second-order valence-electron chi connectivity index (χ2n) is 7.52. The van der Waals surface area contributed by atoms with E-state index < -0.39 is 17.7 Å². The first kappa shape index (κ1) is 18.2. The van der Waals surface area contributed by atoms with Gasteiger partial charge in [0, 0.05) is 18.3 Å². The Labute approximate surface area is 162 Å². The van der Waals surface area contributed by atoms with E-state index in [2.05, 4.69) is 39.0 Å². The summed E-state index contributed by atoms with van der Waals surface area (Å²) in [5.74, 6) is -1.58. The summed E-state index contributed by atoms with van der Waals surface area (Å²) < 4.78 is 0. The number of nitrogens with zero attached hydrogens (tertiary/aromatic N) is 4. The highest BCUT2D eigenvalue weighted by Crippen LogP contribution is 2.37. The maximum absolute atomic E-state index is 13.1. The molecule has 1 amide bonds. The zero-order valence-electron chi connectivity index (χ0n) is 15.8. The zero-order valence-corrected chi connectivity index (χ0v) is 15.8. The van der Waals surface area contributed by atoms with Crippen LogP contribution < -0.4 is 15.8 Å². The lowest BCUT2D eigenvalue weighted by Gasteiger charge is -2.40. The number of amides is 1. The lowest BCUT2D eigenvalue weighted by atomic mass is 9.81. The predicted octanol–water partition coefficient (Wildman–Crippen LogP) is 2.16. The van der Waals surface area contributed by atoms with Crippen LogP contribution in [0.25, 0.3) is 0 Å². The van der Waals surface area contributed by atoms with Crippen molar-refractivity contribution >= 4 is 17.7 Å². The molecule has 0 radical (unpaired) electrons. The number of carbonyl (C=O) groups excluding carboxylic acids is 1. The highest BCUT2D eigenvalue weighted by molar-refractivity contribution is 5.97. The second kappa shape index (κ2) is 7.08. The van der Waals surface area contributed by atoms with Gasteiger partial charge in [0.25, 0.3) is 5.56 Å². The van der Waals surface area contributed by atoms with E-state index in [-0.39, 0.29) is 29.0 Å². The van der Waals surface area contributed by atoms with Crippen molar-refractivity contribution in [1.82, 2.24) is 15.0 Å². The molecule has 4 atom stereocenters. The standard InChI is InChI=1S/C20H22N6O2/c1-11-6-5-7-12(2)26(11)20-24-17-16(19(28)25-20)15(13(10-21)18(27)23-17)14-8-3-4-9-22-14/h3-4,8-9,11-13,15H,5-7H2,1-2H3,(H2,23,24,25,27,28). The Morgan fingerprint density at radius 1 is 1.21 bits per heavy atom. The number of pyridine rings is 1. The Kier molecular flexibility index (Phi) is 4.59. The molecule has 2 aromatic heterocycles. The number of anilines is 2.